The first kappa shape index (κ1) is 13.4. The molecule has 20 heavy (non-hydrogen) atoms. The van der Waals surface area contributed by atoms with Crippen LogP contribution in [0.4, 0.5) is 5.69 Å². The average Bonchev–Trinajstić information content (AvgIpc) is 3.27. The summed E-state index contributed by atoms with van der Waals surface area (Å²) < 4.78 is 1.07. The molecule has 1 aliphatic carbocycles. The van der Waals surface area contributed by atoms with Gasteiger partial charge in [0.2, 0.25) is 5.91 Å². The molecule has 2 aromatic rings. The van der Waals surface area contributed by atoms with E-state index < -0.39 is 0 Å². The number of rotatable bonds is 5. The molecule has 104 valence electrons. The van der Waals surface area contributed by atoms with Gasteiger partial charge in [-0.05, 0) is 53.8 Å². The highest BCUT2D eigenvalue weighted by Crippen LogP contribution is 2.27. The van der Waals surface area contributed by atoms with Gasteiger partial charge in [0, 0.05) is 16.7 Å². The van der Waals surface area contributed by atoms with E-state index in [1.54, 1.807) is 0 Å². The number of nitrogens with one attached hydrogen (secondary N) is 2. The van der Waals surface area contributed by atoms with E-state index in [1.165, 1.54) is 18.2 Å². The molecule has 0 saturated heterocycles. The molecule has 3 rings (SSSR count). The molecule has 4 heteroatoms. The SMILES string of the molecule is O=C(CNc1ccc2cc(Br)ccc2c1)NCC1CC1. The van der Waals surface area contributed by atoms with Gasteiger partial charge in [0.25, 0.3) is 0 Å². The number of carbonyl (C=O) groups is 1. The fraction of sp³-hybridized carbons (Fsp3) is 0.312. The van der Waals surface area contributed by atoms with E-state index in [4.69, 9.17) is 0 Å². The quantitative estimate of drug-likeness (QED) is 0.879. The summed E-state index contributed by atoms with van der Waals surface area (Å²) in [5.41, 5.74) is 0.974. The third-order valence-electron chi connectivity index (χ3n) is 3.54. The fourth-order valence-electron chi connectivity index (χ4n) is 2.15. The number of benzene rings is 2. The highest BCUT2D eigenvalue weighted by Gasteiger charge is 2.21. The Bertz CT molecular complexity index is 637. The number of amides is 1. The monoisotopic (exact) mass is 332 g/mol. The zero-order valence-corrected chi connectivity index (χ0v) is 12.7. The predicted octanol–water partition coefficient (Wildman–Crippen LogP) is 3.54. The molecule has 0 aliphatic heterocycles. The zero-order valence-electron chi connectivity index (χ0n) is 11.2. The third kappa shape index (κ3) is 3.51. The van der Waals surface area contributed by atoms with E-state index in [9.17, 15) is 4.79 Å². The smallest absolute Gasteiger partial charge is 0.239 e. The first-order valence-corrected chi connectivity index (χ1v) is 7.70. The molecule has 0 aromatic heterocycles. The topological polar surface area (TPSA) is 41.1 Å². The van der Waals surface area contributed by atoms with Crippen LogP contribution in [0.5, 0.6) is 0 Å². The zero-order chi connectivity index (χ0) is 13.9. The average molecular weight is 333 g/mol. The number of halogens is 1. The lowest BCUT2D eigenvalue weighted by atomic mass is 10.1. The van der Waals surface area contributed by atoms with E-state index >= 15 is 0 Å². The maximum Gasteiger partial charge on any atom is 0.239 e. The second kappa shape index (κ2) is 5.83. The van der Waals surface area contributed by atoms with Crippen LogP contribution in [-0.2, 0) is 4.79 Å². The van der Waals surface area contributed by atoms with Crippen LogP contribution < -0.4 is 10.6 Å². The largest absolute Gasteiger partial charge is 0.376 e. The molecule has 1 fully saturated rings. The van der Waals surface area contributed by atoms with Gasteiger partial charge in [-0.3, -0.25) is 4.79 Å². The molecule has 0 spiro atoms. The predicted molar refractivity (Wildman–Crippen MR) is 85.9 cm³/mol. The van der Waals surface area contributed by atoms with E-state index in [2.05, 4.69) is 50.8 Å². The van der Waals surface area contributed by atoms with E-state index in [-0.39, 0.29) is 5.91 Å². The minimum Gasteiger partial charge on any atom is -0.376 e. The summed E-state index contributed by atoms with van der Waals surface area (Å²) in [6, 6.07) is 12.3. The molecular formula is C16H17BrN2O. The number of hydrogen-bond donors (Lipinski definition) is 2. The Morgan fingerprint density at radius 1 is 1.15 bits per heavy atom. The van der Waals surface area contributed by atoms with Gasteiger partial charge in [0.05, 0.1) is 6.54 Å². The van der Waals surface area contributed by atoms with Crippen molar-refractivity contribution in [1.29, 1.82) is 0 Å². The molecular weight excluding hydrogens is 316 g/mol. The minimum atomic E-state index is 0.0628. The summed E-state index contributed by atoms with van der Waals surface area (Å²) in [6.07, 6.45) is 2.52. The summed E-state index contributed by atoms with van der Waals surface area (Å²) in [5, 5.41) is 8.47. The normalized spacial score (nSPS) is 14.2. The maximum absolute atomic E-state index is 11.7. The number of anilines is 1. The van der Waals surface area contributed by atoms with Crippen molar-refractivity contribution in [3.8, 4) is 0 Å². The molecule has 0 unspecified atom stereocenters. The van der Waals surface area contributed by atoms with Crippen LogP contribution in [0.1, 0.15) is 12.8 Å². The standard InChI is InChI=1S/C16H17BrN2O/c17-14-5-3-13-8-15(6-4-12(13)7-14)18-10-16(20)19-9-11-1-2-11/h3-8,11,18H,1-2,9-10H2,(H,19,20). The molecule has 1 saturated carbocycles. The molecule has 2 N–H and O–H groups in total. The molecule has 1 amide bonds. The fourth-order valence-corrected chi connectivity index (χ4v) is 2.53. The second-order valence-electron chi connectivity index (χ2n) is 5.31. The molecule has 3 nitrogen and oxygen atoms in total. The third-order valence-corrected chi connectivity index (χ3v) is 4.03. The first-order valence-electron chi connectivity index (χ1n) is 6.90. The first-order chi connectivity index (χ1) is 9.70. The molecule has 0 heterocycles. The van der Waals surface area contributed by atoms with Crippen molar-refractivity contribution >= 4 is 38.3 Å². The minimum absolute atomic E-state index is 0.0628. The van der Waals surface area contributed by atoms with Gasteiger partial charge in [-0.2, -0.15) is 0 Å². The maximum atomic E-state index is 11.7. The van der Waals surface area contributed by atoms with E-state index in [0.29, 0.717) is 6.54 Å². The summed E-state index contributed by atoms with van der Waals surface area (Å²) in [4.78, 5) is 11.7. The van der Waals surface area contributed by atoms with Crippen LogP contribution >= 0.6 is 15.9 Å². The van der Waals surface area contributed by atoms with Gasteiger partial charge in [-0.15, -0.1) is 0 Å². The lowest BCUT2D eigenvalue weighted by molar-refractivity contribution is -0.119. The summed E-state index contributed by atoms with van der Waals surface area (Å²) >= 11 is 3.47. The van der Waals surface area contributed by atoms with Gasteiger partial charge in [0.15, 0.2) is 0 Å². The lowest BCUT2D eigenvalue weighted by Gasteiger charge is -2.08. The van der Waals surface area contributed by atoms with E-state index in [1.807, 2.05) is 12.1 Å². The van der Waals surface area contributed by atoms with Crippen molar-refractivity contribution in [2.75, 3.05) is 18.4 Å². The highest BCUT2D eigenvalue weighted by molar-refractivity contribution is 9.10. The Hall–Kier alpha value is -1.55. The molecule has 0 bridgehead atoms. The number of hydrogen-bond acceptors (Lipinski definition) is 2. The van der Waals surface area contributed by atoms with Crippen molar-refractivity contribution < 1.29 is 4.79 Å². The second-order valence-corrected chi connectivity index (χ2v) is 6.22. The van der Waals surface area contributed by atoms with Crippen molar-refractivity contribution in [3.05, 3.63) is 40.9 Å². The van der Waals surface area contributed by atoms with Gasteiger partial charge in [-0.25, -0.2) is 0 Å². The Balaban J connectivity index is 1.59. The van der Waals surface area contributed by atoms with Crippen LogP contribution in [-0.4, -0.2) is 19.0 Å². The van der Waals surface area contributed by atoms with Crippen LogP contribution in [0, 0.1) is 5.92 Å². The van der Waals surface area contributed by atoms with Crippen molar-refractivity contribution in [2.45, 2.75) is 12.8 Å². The van der Waals surface area contributed by atoms with Crippen LogP contribution in [0.25, 0.3) is 10.8 Å². The number of carbonyl (C=O) groups excluding carboxylic acids is 1. The highest BCUT2D eigenvalue weighted by atomic mass is 79.9. The van der Waals surface area contributed by atoms with Gasteiger partial charge >= 0.3 is 0 Å². The number of fused-ring (bicyclic) bond motifs is 1. The van der Waals surface area contributed by atoms with Crippen LogP contribution in [0.15, 0.2) is 40.9 Å². The summed E-state index contributed by atoms with van der Waals surface area (Å²) in [6.45, 7) is 1.15. The lowest BCUT2D eigenvalue weighted by Crippen LogP contribution is -2.31. The van der Waals surface area contributed by atoms with Crippen molar-refractivity contribution in [2.24, 2.45) is 5.92 Å². The van der Waals surface area contributed by atoms with Gasteiger partial charge < -0.3 is 10.6 Å². The Morgan fingerprint density at radius 2 is 1.90 bits per heavy atom. The van der Waals surface area contributed by atoms with Crippen LogP contribution in [0.3, 0.4) is 0 Å². The Labute approximate surface area is 126 Å². The van der Waals surface area contributed by atoms with E-state index in [0.717, 1.165) is 28.0 Å². The van der Waals surface area contributed by atoms with Crippen molar-refractivity contribution in [1.82, 2.24) is 5.32 Å². The molecule has 0 radical (unpaired) electrons. The Morgan fingerprint density at radius 3 is 2.70 bits per heavy atom. The summed E-state index contributed by atoms with van der Waals surface area (Å²) in [7, 11) is 0. The molecule has 2 aromatic carbocycles. The molecule has 1 aliphatic rings. The van der Waals surface area contributed by atoms with Gasteiger partial charge in [-0.1, -0.05) is 28.1 Å². The Kier molecular flexibility index (Phi) is 3.92. The summed E-state index contributed by atoms with van der Waals surface area (Å²) in [5.74, 6) is 0.783. The molecule has 0 atom stereocenters. The van der Waals surface area contributed by atoms with Crippen molar-refractivity contribution in [3.63, 3.8) is 0 Å². The van der Waals surface area contributed by atoms with Crippen LogP contribution in [0.2, 0.25) is 0 Å². The van der Waals surface area contributed by atoms with Gasteiger partial charge in [0.1, 0.15) is 0 Å².